The van der Waals surface area contributed by atoms with Crippen molar-refractivity contribution in [3.8, 4) is 5.75 Å². The highest BCUT2D eigenvalue weighted by Crippen LogP contribution is 2.37. The van der Waals surface area contributed by atoms with Crippen molar-refractivity contribution < 1.29 is 23.9 Å². The van der Waals surface area contributed by atoms with Crippen LogP contribution < -0.4 is 15.8 Å². The molecule has 154 valence electrons. The molecule has 0 radical (unpaired) electrons. The summed E-state index contributed by atoms with van der Waals surface area (Å²) < 4.78 is 10.5. The Bertz CT molecular complexity index is 905. The van der Waals surface area contributed by atoms with Crippen molar-refractivity contribution in [2.24, 2.45) is 5.73 Å². The van der Waals surface area contributed by atoms with Crippen molar-refractivity contribution in [2.45, 2.75) is 39.0 Å². The second kappa shape index (κ2) is 9.56. The number of esters is 1. The van der Waals surface area contributed by atoms with Crippen LogP contribution in [0.3, 0.4) is 0 Å². The van der Waals surface area contributed by atoms with Crippen molar-refractivity contribution in [2.75, 3.05) is 18.5 Å². The predicted molar refractivity (Wildman–Crippen MR) is 110 cm³/mol. The zero-order valence-electron chi connectivity index (χ0n) is 16.3. The van der Waals surface area contributed by atoms with Crippen LogP contribution >= 0.6 is 11.3 Å². The molecule has 0 atom stereocenters. The van der Waals surface area contributed by atoms with E-state index in [4.69, 9.17) is 15.2 Å². The number of ether oxygens (including phenoxy) is 2. The Balaban J connectivity index is 1.46. The standard InChI is InChI=1S/C21H24N2O5S/c1-13-6-8-14(9-7-13)27-11-10-18(25)28-12-17(24)23-21-19(20(22)26)15-4-2-3-5-16(15)29-21/h6-9H,2-5,10-12H2,1H3,(H2,22,26)(H,23,24). The number of fused-ring (bicyclic) bond motifs is 1. The smallest absolute Gasteiger partial charge is 0.309 e. The second-order valence-electron chi connectivity index (χ2n) is 6.90. The number of carbonyl (C=O) groups excluding carboxylic acids is 3. The Morgan fingerprint density at radius 3 is 2.59 bits per heavy atom. The molecular weight excluding hydrogens is 392 g/mol. The van der Waals surface area contributed by atoms with Crippen LogP contribution in [0.1, 0.15) is 45.6 Å². The van der Waals surface area contributed by atoms with Crippen LogP contribution in [-0.4, -0.2) is 31.0 Å². The number of nitrogens with two attached hydrogens (primary N) is 1. The molecule has 1 heterocycles. The van der Waals surface area contributed by atoms with Gasteiger partial charge in [-0.2, -0.15) is 0 Å². The Morgan fingerprint density at radius 2 is 1.86 bits per heavy atom. The first kappa shape index (κ1) is 20.9. The summed E-state index contributed by atoms with van der Waals surface area (Å²) in [5.74, 6) is -0.918. The molecule has 8 heteroatoms. The van der Waals surface area contributed by atoms with Crippen molar-refractivity contribution in [3.63, 3.8) is 0 Å². The zero-order chi connectivity index (χ0) is 20.8. The minimum absolute atomic E-state index is 0.0288. The highest BCUT2D eigenvalue weighted by atomic mass is 32.1. The number of hydrogen-bond donors (Lipinski definition) is 2. The van der Waals surface area contributed by atoms with E-state index in [9.17, 15) is 14.4 Å². The van der Waals surface area contributed by atoms with Crippen LogP contribution in [0, 0.1) is 6.92 Å². The lowest BCUT2D eigenvalue weighted by atomic mass is 9.95. The molecule has 0 saturated heterocycles. The highest BCUT2D eigenvalue weighted by Gasteiger charge is 2.25. The van der Waals surface area contributed by atoms with Crippen molar-refractivity contribution >= 4 is 34.1 Å². The summed E-state index contributed by atoms with van der Waals surface area (Å²) in [5, 5.41) is 3.10. The van der Waals surface area contributed by atoms with E-state index in [0.717, 1.165) is 41.7 Å². The minimum atomic E-state index is -0.551. The van der Waals surface area contributed by atoms with Crippen LogP contribution in [0.5, 0.6) is 5.75 Å². The van der Waals surface area contributed by atoms with Gasteiger partial charge >= 0.3 is 5.97 Å². The molecule has 0 bridgehead atoms. The van der Waals surface area contributed by atoms with E-state index < -0.39 is 24.4 Å². The van der Waals surface area contributed by atoms with Gasteiger partial charge in [-0.05, 0) is 50.3 Å². The fraction of sp³-hybridized carbons (Fsp3) is 0.381. The van der Waals surface area contributed by atoms with Crippen LogP contribution in [0.2, 0.25) is 0 Å². The lowest BCUT2D eigenvalue weighted by Crippen LogP contribution is -2.23. The van der Waals surface area contributed by atoms with Gasteiger partial charge in [0.05, 0.1) is 18.6 Å². The van der Waals surface area contributed by atoms with Gasteiger partial charge in [-0.25, -0.2) is 0 Å². The number of aryl methyl sites for hydroxylation is 2. The third kappa shape index (κ3) is 5.57. The molecule has 0 spiro atoms. The Morgan fingerprint density at radius 1 is 1.14 bits per heavy atom. The number of carbonyl (C=O) groups is 3. The first-order valence-corrected chi connectivity index (χ1v) is 10.3. The topological polar surface area (TPSA) is 108 Å². The Labute approximate surface area is 173 Å². The lowest BCUT2D eigenvalue weighted by molar-refractivity contribution is -0.147. The first-order chi connectivity index (χ1) is 13.9. The van der Waals surface area contributed by atoms with E-state index in [-0.39, 0.29) is 13.0 Å². The third-order valence-corrected chi connectivity index (χ3v) is 5.84. The SMILES string of the molecule is Cc1ccc(OCCC(=O)OCC(=O)Nc2sc3c(c2C(N)=O)CCCC3)cc1. The molecular formula is C21H24N2O5S. The summed E-state index contributed by atoms with van der Waals surface area (Å²) in [6.45, 7) is 1.71. The molecule has 0 aliphatic heterocycles. The van der Waals surface area contributed by atoms with Gasteiger partial charge in [0.1, 0.15) is 10.8 Å². The molecule has 1 aromatic carbocycles. The van der Waals surface area contributed by atoms with E-state index in [1.54, 1.807) is 0 Å². The van der Waals surface area contributed by atoms with E-state index in [1.165, 1.54) is 11.3 Å². The van der Waals surface area contributed by atoms with Crippen LogP contribution in [0.15, 0.2) is 24.3 Å². The third-order valence-electron chi connectivity index (χ3n) is 4.63. The zero-order valence-corrected chi connectivity index (χ0v) is 17.1. The fourth-order valence-electron chi connectivity index (χ4n) is 3.18. The van der Waals surface area contributed by atoms with Gasteiger partial charge in [0, 0.05) is 4.88 Å². The van der Waals surface area contributed by atoms with Gasteiger partial charge in [0.25, 0.3) is 11.8 Å². The molecule has 1 aliphatic rings. The van der Waals surface area contributed by atoms with Gasteiger partial charge in [0.2, 0.25) is 0 Å². The molecule has 1 aromatic heterocycles. The number of rotatable bonds is 8. The number of anilines is 1. The molecule has 3 rings (SSSR count). The molecule has 2 amide bonds. The summed E-state index contributed by atoms with van der Waals surface area (Å²) in [4.78, 5) is 36.9. The summed E-state index contributed by atoms with van der Waals surface area (Å²) >= 11 is 1.37. The van der Waals surface area contributed by atoms with Crippen molar-refractivity contribution in [1.82, 2.24) is 0 Å². The van der Waals surface area contributed by atoms with Gasteiger partial charge in [-0.3, -0.25) is 14.4 Å². The maximum atomic E-state index is 12.2. The number of hydrogen-bond acceptors (Lipinski definition) is 6. The predicted octanol–water partition coefficient (Wildman–Crippen LogP) is 2.99. The molecule has 7 nitrogen and oxygen atoms in total. The van der Waals surface area contributed by atoms with Gasteiger partial charge in [-0.15, -0.1) is 11.3 Å². The summed E-state index contributed by atoms with van der Waals surface area (Å²) in [7, 11) is 0. The molecule has 0 fully saturated rings. The van der Waals surface area contributed by atoms with Crippen molar-refractivity contribution in [3.05, 3.63) is 45.8 Å². The number of primary amides is 1. The van der Waals surface area contributed by atoms with Crippen LogP contribution in [0.25, 0.3) is 0 Å². The highest BCUT2D eigenvalue weighted by molar-refractivity contribution is 7.17. The monoisotopic (exact) mass is 416 g/mol. The maximum Gasteiger partial charge on any atom is 0.309 e. The normalized spacial score (nSPS) is 12.7. The van der Waals surface area contributed by atoms with E-state index in [0.29, 0.717) is 16.3 Å². The second-order valence-corrected chi connectivity index (χ2v) is 8.00. The number of amides is 2. The quantitative estimate of drug-likeness (QED) is 0.643. The molecule has 3 N–H and O–H groups in total. The number of nitrogens with one attached hydrogen (secondary N) is 1. The molecule has 29 heavy (non-hydrogen) atoms. The minimum Gasteiger partial charge on any atom is -0.493 e. The largest absolute Gasteiger partial charge is 0.493 e. The average Bonchev–Trinajstić information content (AvgIpc) is 3.06. The van der Waals surface area contributed by atoms with Crippen molar-refractivity contribution in [1.29, 1.82) is 0 Å². The molecule has 0 unspecified atom stereocenters. The number of thiophene rings is 1. The van der Waals surface area contributed by atoms with E-state index in [2.05, 4.69) is 5.32 Å². The first-order valence-electron chi connectivity index (χ1n) is 9.53. The maximum absolute atomic E-state index is 12.2. The van der Waals surface area contributed by atoms with Crippen LogP contribution in [-0.2, 0) is 27.2 Å². The van der Waals surface area contributed by atoms with E-state index in [1.807, 2.05) is 31.2 Å². The van der Waals surface area contributed by atoms with Gasteiger partial charge in [0.15, 0.2) is 6.61 Å². The van der Waals surface area contributed by atoms with Gasteiger partial charge < -0.3 is 20.5 Å². The summed E-state index contributed by atoms with van der Waals surface area (Å²) in [6, 6.07) is 7.48. The van der Waals surface area contributed by atoms with Gasteiger partial charge in [-0.1, -0.05) is 17.7 Å². The summed E-state index contributed by atoms with van der Waals surface area (Å²) in [6.07, 6.45) is 3.75. The Hall–Kier alpha value is -2.87. The Kier molecular flexibility index (Phi) is 6.87. The number of benzene rings is 1. The molecule has 1 aliphatic carbocycles. The molecule has 2 aromatic rings. The fourth-order valence-corrected chi connectivity index (χ4v) is 4.49. The lowest BCUT2D eigenvalue weighted by Gasteiger charge is -2.11. The average molecular weight is 416 g/mol. The summed E-state index contributed by atoms with van der Waals surface area (Å²) in [5.41, 5.74) is 7.95. The van der Waals surface area contributed by atoms with Crippen LogP contribution in [0.4, 0.5) is 5.00 Å². The molecule has 0 saturated carbocycles. The van der Waals surface area contributed by atoms with E-state index >= 15 is 0 Å².